The fourth-order valence-corrected chi connectivity index (χ4v) is 6.99. The molecule has 260 valence electrons. The Morgan fingerprint density at radius 1 is 0.370 bits per heavy atom. The lowest BCUT2D eigenvalue weighted by Gasteiger charge is -2.27. The average molecular weight is 695 g/mol. The highest BCUT2D eigenvalue weighted by Gasteiger charge is 2.23. The number of para-hydroxylation sites is 4. The summed E-state index contributed by atoms with van der Waals surface area (Å²) in [5.41, 5.74) is 11.3. The molecule has 0 N–H and O–H groups in total. The zero-order valence-electron chi connectivity index (χ0n) is 30.2. The molecule has 2 nitrogen and oxygen atoms in total. The van der Waals surface area contributed by atoms with Crippen molar-refractivity contribution in [2.24, 2.45) is 5.41 Å². The molecule has 0 fully saturated rings. The molecule has 0 amide bonds. The van der Waals surface area contributed by atoms with Gasteiger partial charge in [-0.25, -0.2) is 0 Å². The van der Waals surface area contributed by atoms with E-state index in [1.807, 2.05) is 0 Å². The highest BCUT2D eigenvalue weighted by atomic mass is 15.1. The van der Waals surface area contributed by atoms with Crippen LogP contribution in [-0.4, -0.2) is 0 Å². The smallest absolute Gasteiger partial charge is 0.0462 e. The minimum absolute atomic E-state index is 0.282. The van der Waals surface area contributed by atoms with Crippen LogP contribution in [0.25, 0.3) is 17.7 Å². The number of rotatable bonds is 11. The Balaban J connectivity index is 1.08. The third-order valence-corrected chi connectivity index (χ3v) is 9.89. The van der Waals surface area contributed by atoms with Gasteiger partial charge in [0.15, 0.2) is 0 Å². The van der Waals surface area contributed by atoms with Gasteiger partial charge in [0.1, 0.15) is 0 Å². The van der Waals surface area contributed by atoms with Gasteiger partial charge in [-0.1, -0.05) is 170 Å². The Morgan fingerprint density at radius 2 is 0.704 bits per heavy atom. The monoisotopic (exact) mass is 694 g/mol. The number of nitrogens with zero attached hydrogens (tertiary/aromatic N) is 2. The standard InChI is InChI=1S/C52H42N2/c1-6-16-44(17-7-1)45-36-40-52(41-37-45,38-34-42-26-30-50(31-27-42)53(46-18-8-2-9-19-46)47-20-10-3-11-21-47)39-35-43-28-32-51(33-29-43)54(48-22-12-4-13-23-48)49-24-14-5-15-25-49/h1-40H,41H2. The van der Waals surface area contributed by atoms with Crippen LogP contribution in [0.5, 0.6) is 0 Å². The molecule has 8 rings (SSSR count). The molecule has 0 radical (unpaired) electrons. The highest BCUT2D eigenvalue weighted by molar-refractivity contribution is 5.79. The molecule has 0 heterocycles. The van der Waals surface area contributed by atoms with E-state index in [-0.39, 0.29) is 5.41 Å². The molecule has 0 spiro atoms. The van der Waals surface area contributed by atoms with E-state index in [9.17, 15) is 0 Å². The van der Waals surface area contributed by atoms with Crippen molar-refractivity contribution in [1.82, 2.24) is 0 Å². The second kappa shape index (κ2) is 16.2. The summed E-state index contributed by atoms with van der Waals surface area (Å²) in [6.07, 6.45) is 17.1. The molecule has 7 aromatic carbocycles. The van der Waals surface area contributed by atoms with Crippen LogP contribution in [0.2, 0.25) is 0 Å². The second-order valence-corrected chi connectivity index (χ2v) is 13.5. The molecule has 54 heavy (non-hydrogen) atoms. The maximum absolute atomic E-state index is 2.37. The van der Waals surface area contributed by atoms with Crippen molar-refractivity contribution in [3.8, 4) is 0 Å². The van der Waals surface area contributed by atoms with E-state index >= 15 is 0 Å². The van der Waals surface area contributed by atoms with Gasteiger partial charge in [0.25, 0.3) is 0 Å². The SMILES string of the molecule is C1=CC(C=Cc2ccc(N(c3ccccc3)c3ccccc3)cc2)(C=Cc2ccc(N(c3ccccc3)c3ccccc3)cc2)CC=C1c1ccccc1. The van der Waals surface area contributed by atoms with Gasteiger partial charge in [0, 0.05) is 39.5 Å². The summed E-state index contributed by atoms with van der Waals surface area (Å²) in [4.78, 5) is 4.59. The van der Waals surface area contributed by atoms with Gasteiger partial charge < -0.3 is 9.80 Å². The highest BCUT2D eigenvalue weighted by Crippen LogP contribution is 2.39. The molecular formula is C52H42N2. The summed E-state index contributed by atoms with van der Waals surface area (Å²) in [7, 11) is 0. The van der Waals surface area contributed by atoms with Crippen molar-refractivity contribution in [3.05, 3.63) is 247 Å². The lowest BCUT2D eigenvalue weighted by Crippen LogP contribution is -2.13. The predicted molar refractivity (Wildman–Crippen MR) is 231 cm³/mol. The van der Waals surface area contributed by atoms with E-state index in [0.717, 1.165) is 51.7 Å². The first-order valence-corrected chi connectivity index (χ1v) is 18.6. The number of hydrogen-bond donors (Lipinski definition) is 0. The molecule has 7 aromatic rings. The van der Waals surface area contributed by atoms with Crippen LogP contribution in [0.3, 0.4) is 0 Å². The van der Waals surface area contributed by atoms with Crippen molar-refractivity contribution in [2.45, 2.75) is 6.42 Å². The summed E-state index contributed by atoms with van der Waals surface area (Å²) < 4.78 is 0. The summed E-state index contributed by atoms with van der Waals surface area (Å²) in [6, 6.07) is 70.5. The molecule has 1 aliphatic rings. The Kier molecular flexibility index (Phi) is 10.3. The minimum atomic E-state index is -0.282. The molecular weight excluding hydrogens is 653 g/mol. The molecule has 0 unspecified atom stereocenters. The van der Waals surface area contributed by atoms with Crippen LogP contribution in [0, 0.1) is 5.41 Å². The van der Waals surface area contributed by atoms with Crippen molar-refractivity contribution in [3.63, 3.8) is 0 Å². The third-order valence-electron chi connectivity index (χ3n) is 9.89. The maximum atomic E-state index is 2.37. The van der Waals surface area contributed by atoms with Gasteiger partial charge >= 0.3 is 0 Å². The quantitative estimate of drug-likeness (QED) is 0.133. The van der Waals surface area contributed by atoms with Gasteiger partial charge in [-0.15, -0.1) is 0 Å². The van der Waals surface area contributed by atoms with E-state index in [1.165, 1.54) is 11.1 Å². The Morgan fingerprint density at radius 3 is 1.04 bits per heavy atom. The zero-order chi connectivity index (χ0) is 36.4. The van der Waals surface area contributed by atoms with Crippen molar-refractivity contribution >= 4 is 51.8 Å². The molecule has 0 atom stereocenters. The van der Waals surface area contributed by atoms with E-state index in [2.05, 4.69) is 253 Å². The van der Waals surface area contributed by atoms with Gasteiger partial charge in [-0.05, 0) is 101 Å². The lowest BCUT2D eigenvalue weighted by molar-refractivity contribution is 0.642. The average Bonchev–Trinajstić information content (AvgIpc) is 3.25. The fraction of sp³-hybridized carbons (Fsp3) is 0.0385. The largest absolute Gasteiger partial charge is 0.311 e. The van der Waals surface area contributed by atoms with E-state index in [0.29, 0.717) is 0 Å². The van der Waals surface area contributed by atoms with Crippen LogP contribution in [0.1, 0.15) is 23.1 Å². The topological polar surface area (TPSA) is 6.48 Å². The first kappa shape index (κ1) is 34.2. The Bertz CT molecular complexity index is 2140. The number of allylic oxidation sites excluding steroid dienone is 6. The molecule has 0 saturated carbocycles. The molecule has 0 bridgehead atoms. The van der Waals surface area contributed by atoms with E-state index in [4.69, 9.17) is 0 Å². The number of anilines is 6. The maximum Gasteiger partial charge on any atom is 0.0462 e. The van der Waals surface area contributed by atoms with Gasteiger partial charge in [-0.3, -0.25) is 0 Å². The van der Waals surface area contributed by atoms with Crippen LogP contribution in [0.4, 0.5) is 34.1 Å². The Labute approximate surface area is 319 Å². The van der Waals surface area contributed by atoms with Crippen molar-refractivity contribution in [2.75, 3.05) is 9.80 Å². The first-order chi connectivity index (χ1) is 26.7. The third kappa shape index (κ3) is 7.94. The van der Waals surface area contributed by atoms with E-state index < -0.39 is 0 Å². The zero-order valence-corrected chi connectivity index (χ0v) is 30.2. The normalized spacial score (nSPS) is 15.3. The summed E-state index contributed by atoms with van der Waals surface area (Å²) in [6.45, 7) is 0. The summed E-state index contributed by atoms with van der Waals surface area (Å²) >= 11 is 0. The van der Waals surface area contributed by atoms with Crippen LogP contribution < -0.4 is 9.80 Å². The Hall–Kier alpha value is -6.90. The van der Waals surface area contributed by atoms with Crippen LogP contribution in [-0.2, 0) is 0 Å². The van der Waals surface area contributed by atoms with Gasteiger partial charge in [0.2, 0.25) is 0 Å². The molecule has 0 aliphatic heterocycles. The number of hydrogen-bond acceptors (Lipinski definition) is 2. The van der Waals surface area contributed by atoms with Crippen molar-refractivity contribution in [1.29, 1.82) is 0 Å². The van der Waals surface area contributed by atoms with Crippen LogP contribution in [0.15, 0.2) is 231 Å². The number of benzene rings is 7. The summed E-state index contributed by atoms with van der Waals surface area (Å²) in [5.74, 6) is 0. The molecule has 0 saturated heterocycles. The van der Waals surface area contributed by atoms with Gasteiger partial charge in [0.05, 0.1) is 0 Å². The molecule has 1 aliphatic carbocycles. The fourth-order valence-electron chi connectivity index (χ4n) is 6.99. The molecule has 0 aromatic heterocycles. The second-order valence-electron chi connectivity index (χ2n) is 13.5. The predicted octanol–water partition coefficient (Wildman–Crippen LogP) is 14.4. The first-order valence-electron chi connectivity index (χ1n) is 18.6. The lowest BCUT2D eigenvalue weighted by atomic mass is 9.78. The van der Waals surface area contributed by atoms with Crippen molar-refractivity contribution < 1.29 is 0 Å². The van der Waals surface area contributed by atoms with Gasteiger partial charge in [-0.2, -0.15) is 0 Å². The molecule has 2 heteroatoms. The summed E-state index contributed by atoms with van der Waals surface area (Å²) in [5, 5.41) is 0. The minimum Gasteiger partial charge on any atom is -0.311 e. The van der Waals surface area contributed by atoms with E-state index in [1.54, 1.807) is 0 Å². The van der Waals surface area contributed by atoms with Crippen LogP contribution >= 0.6 is 0 Å².